The second-order valence-electron chi connectivity index (χ2n) is 5.36. The fraction of sp³-hybridized carbons (Fsp3) is 0.643. The Hall–Kier alpha value is -0.710. The van der Waals surface area contributed by atoms with Crippen LogP contribution in [0.4, 0.5) is 0 Å². The van der Waals surface area contributed by atoms with Crippen LogP contribution >= 0.6 is 11.3 Å². The Morgan fingerprint density at radius 1 is 1.44 bits per heavy atom. The van der Waals surface area contributed by atoms with Crippen LogP contribution in [0.2, 0.25) is 0 Å². The molecule has 2 saturated heterocycles. The molecule has 2 aliphatic heterocycles. The predicted molar refractivity (Wildman–Crippen MR) is 70.2 cm³/mol. The SMILES string of the molecule is Cc1cscc1C(=O)C1CCOC2(CCOC2)C1. The van der Waals surface area contributed by atoms with E-state index in [1.165, 1.54) is 0 Å². The van der Waals surface area contributed by atoms with E-state index in [0.29, 0.717) is 19.0 Å². The number of carbonyl (C=O) groups excluding carboxylic acids is 1. The Kier molecular flexibility index (Phi) is 3.26. The molecular weight excluding hydrogens is 248 g/mol. The van der Waals surface area contributed by atoms with Gasteiger partial charge in [0.1, 0.15) is 0 Å². The van der Waals surface area contributed by atoms with Crippen LogP contribution in [-0.2, 0) is 9.47 Å². The number of hydrogen-bond donors (Lipinski definition) is 0. The minimum Gasteiger partial charge on any atom is -0.378 e. The van der Waals surface area contributed by atoms with E-state index >= 15 is 0 Å². The first-order valence-corrected chi connectivity index (χ1v) is 7.43. The third-order valence-electron chi connectivity index (χ3n) is 4.05. The predicted octanol–water partition coefficient (Wildman–Crippen LogP) is 2.82. The smallest absolute Gasteiger partial charge is 0.167 e. The first-order chi connectivity index (χ1) is 8.70. The number of carbonyl (C=O) groups is 1. The monoisotopic (exact) mass is 266 g/mol. The highest BCUT2D eigenvalue weighted by atomic mass is 32.1. The van der Waals surface area contributed by atoms with Gasteiger partial charge in [0.25, 0.3) is 0 Å². The van der Waals surface area contributed by atoms with Crippen LogP contribution in [0.5, 0.6) is 0 Å². The van der Waals surface area contributed by atoms with Crippen molar-refractivity contribution in [3.63, 3.8) is 0 Å². The van der Waals surface area contributed by atoms with Crippen LogP contribution in [0.1, 0.15) is 35.2 Å². The van der Waals surface area contributed by atoms with Crippen molar-refractivity contribution in [2.24, 2.45) is 5.92 Å². The van der Waals surface area contributed by atoms with E-state index < -0.39 is 0 Å². The number of aryl methyl sites for hydroxylation is 1. The Labute approximate surface area is 111 Å². The van der Waals surface area contributed by atoms with Crippen molar-refractivity contribution in [3.8, 4) is 0 Å². The van der Waals surface area contributed by atoms with Gasteiger partial charge in [0.05, 0.1) is 12.2 Å². The van der Waals surface area contributed by atoms with Crippen molar-refractivity contribution in [1.82, 2.24) is 0 Å². The van der Waals surface area contributed by atoms with Crippen LogP contribution in [0.15, 0.2) is 10.8 Å². The van der Waals surface area contributed by atoms with Crippen molar-refractivity contribution in [2.45, 2.75) is 31.8 Å². The molecule has 18 heavy (non-hydrogen) atoms. The zero-order valence-corrected chi connectivity index (χ0v) is 11.4. The zero-order valence-electron chi connectivity index (χ0n) is 10.6. The second-order valence-corrected chi connectivity index (χ2v) is 6.10. The maximum absolute atomic E-state index is 12.5. The van der Waals surface area contributed by atoms with Crippen LogP contribution in [0.25, 0.3) is 0 Å². The molecule has 1 spiro atoms. The van der Waals surface area contributed by atoms with Gasteiger partial charge in [-0.05, 0) is 30.7 Å². The fourth-order valence-corrected chi connectivity index (χ4v) is 3.78. The van der Waals surface area contributed by atoms with Gasteiger partial charge in [0.15, 0.2) is 5.78 Å². The van der Waals surface area contributed by atoms with Gasteiger partial charge in [-0.25, -0.2) is 0 Å². The normalized spacial score (nSPS) is 31.9. The van der Waals surface area contributed by atoms with Crippen molar-refractivity contribution < 1.29 is 14.3 Å². The highest BCUT2D eigenvalue weighted by molar-refractivity contribution is 7.08. The molecule has 3 nitrogen and oxygen atoms in total. The molecule has 1 aromatic heterocycles. The number of ether oxygens (including phenoxy) is 2. The quantitative estimate of drug-likeness (QED) is 0.772. The van der Waals surface area contributed by atoms with E-state index in [1.807, 2.05) is 17.7 Å². The number of rotatable bonds is 2. The topological polar surface area (TPSA) is 35.5 Å². The van der Waals surface area contributed by atoms with Crippen molar-refractivity contribution in [3.05, 3.63) is 21.9 Å². The molecule has 0 N–H and O–H groups in total. The number of ketones is 1. The van der Waals surface area contributed by atoms with Gasteiger partial charge < -0.3 is 9.47 Å². The molecule has 0 saturated carbocycles. The Bertz CT molecular complexity index is 446. The molecule has 0 amide bonds. The van der Waals surface area contributed by atoms with Gasteiger partial charge in [0, 0.05) is 36.5 Å². The van der Waals surface area contributed by atoms with Crippen LogP contribution in [-0.4, -0.2) is 31.2 Å². The van der Waals surface area contributed by atoms with Gasteiger partial charge in [0.2, 0.25) is 0 Å². The lowest BCUT2D eigenvalue weighted by molar-refractivity contribution is -0.0920. The maximum atomic E-state index is 12.5. The van der Waals surface area contributed by atoms with E-state index in [0.717, 1.165) is 37.0 Å². The van der Waals surface area contributed by atoms with Gasteiger partial charge in [-0.3, -0.25) is 4.79 Å². The summed E-state index contributed by atoms with van der Waals surface area (Å²) in [5, 5.41) is 4.02. The molecule has 3 heterocycles. The molecular formula is C14H18O3S. The van der Waals surface area contributed by atoms with E-state index in [4.69, 9.17) is 9.47 Å². The van der Waals surface area contributed by atoms with Gasteiger partial charge in [-0.15, -0.1) is 0 Å². The van der Waals surface area contributed by atoms with E-state index in [9.17, 15) is 4.79 Å². The van der Waals surface area contributed by atoms with E-state index in [2.05, 4.69) is 0 Å². The molecule has 98 valence electrons. The third kappa shape index (κ3) is 2.13. The molecule has 2 fully saturated rings. The molecule has 0 aliphatic carbocycles. The van der Waals surface area contributed by atoms with Gasteiger partial charge in [-0.1, -0.05) is 0 Å². The molecule has 2 aliphatic rings. The third-order valence-corrected chi connectivity index (χ3v) is 4.91. The Morgan fingerprint density at radius 3 is 3.00 bits per heavy atom. The summed E-state index contributed by atoms with van der Waals surface area (Å²) in [5.41, 5.74) is 1.83. The molecule has 1 aromatic rings. The van der Waals surface area contributed by atoms with Crippen molar-refractivity contribution in [1.29, 1.82) is 0 Å². The standard InChI is InChI=1S/C14H18O3S/c1-10-7-18-8-12(10)13(15)11-2-4-17-14(6-11)3-5-16-9-14/h7-8,11H,2-6,9H2,1H3. The summed E-state index contributed by atoms with van der Waals surface area (Å²) in [7, 11) is 0. The Balaban J connectivity index is 1.76. The molecule has 2 atom stereocenters. The average molecular weight is 266 g/mol. The summed E-state index contributed by atoms with van der Waals surface area (Å²) in [6.07, 6.45) is 2.59. The molecule has 4 heteroatoms. The minimum atomic E-state index is -0.178. The largest absolute Gasteiger partial charge is 0.378 e. The summed E-state index contributed by atoms with van der Waals surface area (Å²) < 4.78 is 11.3. The maximum Gasteiger partial charge on any atom is 0.167 e. The van der Waals surface area contributed by atoms with Crippen molar-refractivity contribution in [2.75, 3.05) is 19.8 Å². The summed E-state index contributed by atoms with van der Waals surface area (Å²) in [6.45, 7) is 4.11. The van der Waals surface area contributed by atoms with Crippen LogP contribution in [0.3, 0.4) is 0 Å². The lowest BCUT2D eigenvalue weighted by Gasteiger charge is -2.36. The molecule has 0 bridgehead atoms. The van der Waals surface area contributed by atoms with Gasteiger partial charge in [-0.2, -0.15) is 11.3 Å². The first-order valence-electron chi connectivity index (χ1n) is 6.49. The van der Waals surface area contributed by atoms with Gasteiger partial charge >= 0.3 is 0 Å². The molecule has 0 radical (unpaired) electrons. The average Bonchev–Trinajstić information content (AvgIpc) is 2.98. The molecule has 0 aromatic carbocycles. The first kappa shape index (κ1) is 12.3. The van der Waals surface area contributed by atoms with Crippen molar-refractivity contribution >= 4 is 17.1 Å². The van der Waals surface area contributed by atoms with Crippen LogP contribution in [0, 0.1) is 12.8 Å². The zero-order chi connectivity index (χ0) is 12.6. The number of Topliss-reactive ketones (excluding diaryl/α,β-unsaturated/α-hetero) is 1. The molecule has 2 unspecified atom stereocenters. The lowest BCUT2D eigenvalue weighted by Crippen LogP contribution is -2.42. The number of thiophene rings is 1. The lowest BCUT2D eigenvalue weighted by atomic mass is 9.81. The fourth-order valence-electron chi connectivity index (χ4n) is 2.95. The van der Waals surface area contributed by atoms with Crippen LogP contribution < -0.4 is 0 Å². The van der Waals surface area contributed by atoms with E-state index in [1.54, 1.807) is 11.3 Å². The highest BCUT2D eigenvalue weighted by Crippen LogP contribution is 2.37. The summed E-state index contributed by atoms with van der Waals surface area (Å²) in [5.74, 6) is 0.400. The Morgan fingerprint density at radius 2 is 2.33 bits per heavy atom. The van der Waals surface area contributed by atoms with E-state index in [-0.39, 0.29) is 11.5 Å². The highest BCUT2D eigenvalue weighted by Gasteiger charge is 2.43. The summed E-state index contributed by atoms with van der Waals surface area (Å²) >= 11 is 1.61. The number of hydrogen-bond acceptors (Lipinski definition) is 4. The summed E-state index contributed by atoms with van der Waals surface area (Å²) in [6, 6.07) is 0. The second kappa shape index (κ2) is 4.76. The minimum absolute atomic E-state index is 0.105. The summed E-state index contributed by atoms with van der Waals surface area (Å²) in [4.78, 5) is 12.5. The molecule has 3 rings (SSSR count).